The molecule has 0 aliphatic carbocycles. The van der Waals surface area contributed by atoms with Crippen molar-refractivity contribution in [3.05, 3.63) is 0 Å². The van der Waals surface area contributed by atoms with Gasteiger partial charge in [0.2, 0.25) is 0 Å². The van der Waals surface area contributed by atoms with E-state index in [9.17, 15) is 9.59 Å². The highest BCUT2D eigenvalue weighted by Crippen LogP contribution is 2.00. The van der Waals surface area contributed by atoms with Gasteiger partial charge in [-0.1, -0.05) is 0 Å². The minimum atomic E-state index is -1.32. The molecule has 0 aromatic rings. The number of rotatable bonds is 3. The lowest BCUT2D eigenvalue weighted by Gasteiger charge is -1.96. The Labute approximate surface area is 80.4 Å². The van der Waals surface area contributed by atoms with Crippen LogP contribution in [0, 0.1) is 0 Å². The van der Waals surface area contributed by atoms with Gasteiger partial charge in [-0.3, -0.25) is 9.59 Å². The first-order valence-electron chi connectivity index (χ1n) is 2.12. The number of carbonyl (C=O) groups is 2. The molecule has 0 aromatic heterocycles. The van der Waals surface area contributed by atoms with Crippen LogP contribution >= 0.6 is 36.4 Å². The molecule has 0 saturated carbocycles. The van der Waals surface area contributed by atoms with E-state index in [4.69, 9.17) is 21.8 Å². The van der Waals surface area contributed by atoms with Gasteiger partial charge in [0.05, 0.1) is 6.42 Å². The summed E-state index contributed by atoms with van der Waals surface area (Å²) >= 11 is 5.03. The monoisotopic (exact) mass is 224 g/mol. The quantitative estimate of drug-likeness (QED) is 0.703. The molecule has 2 N–H and O–H groups in total. The summed E-state index contributed by atoms with van der Waals surface area (Å²) in [6.45, 7) is 0. The van der Waals surface area contributed by atoms with Gasteiger partial charge < -0.3 is 10.2 Å². The maximum Gasteiger partial charge on any atom is 0.322 e. The summed E-state index contributed by atoms with van der Waals surface area (Å²) in [5.74, 6) is -2.52. The van der Waals surface area contributed by atoms with Crippen molar-refractivity contribution in [2.45, 2.75) is 11.8 Å². The lowest BCUT2D eigenvalue weighted by atomic mass is 10.3. The molecule has 0 bridgehead atoms. The van der Waals surface area contributed by atoms with E-state index in [0.717, 1.165) is 0 Å². The van der Waals surface area contributed by atoms with Crippen molar-refractivity contribution in [3.63, 3.8) is 0 Å². The van der Waals surface area contributed by atoms with Crippen LogP contribution in [0.25, 0.3) is 0 Å². The molecule has 11 heavy (non-hydrogen) atoms. The van der Waals surface area contributed by atoms with Crippen LogP contribution in [0.1, 0.15) is 6.42 Å². The number of halogens is 3. The molecule has 0 aliphatic heterocycles. The van der Waals surface area contributed by atoms with E-state index in [1.807, 2.05) is 0 Å². The summed E-state index contributed by atoms with van der Waals surface area (Å²) in [6, 6.07) is 0. The Balaban J connectivity index is -0.000000320. The second-order valence-corrected chi connectivity index (χ2v) is 1.93. The van der Waals surface area contributed by atoms with Crippen LogP contribution in [0.5, 0.6) is 0 Å². The lowest BCUT2D eigenvalue weighted by Crippen LogP contribution is -2.17. The number of hydrogen-bond donors (Lipinski definition) is 2. The Morgan fingerprint density at radius 1 is 1.27 bits per heavy atom. The average molecular weight is 225 g/mol. The number of alkyl halides is 1. The van der Waals surface area contributed by atoms with Gasteiger partial charge >= 0.3 is 11.9 Å². The van der Waals surface area contributed by atoms with Crippen LogP contribution in [-0.2, 0) is 9.59 Å². The van der Waals surface area contributed by atoms with Crippen molar-refractivity contribution in [1.29, 1.82) is 0 Å². The van der Waals surface area contributed by atoms with Crippen molar-refractivity contribution in [1.82, 2.24) is 0 Å². The molecule has 68 valence electrons. The van der Waals surface area contributed by atoms with Gasteiger partial charge in [0.25, 0.3) is 0 Å². The van der Waals surface area contributed by atoms with Gasteiger partial charge in [-0.15, -0.1) is 36.4 Å². The summed E-state index contributed by atoms with van der Waals surface area (Å²) in [5.41, 5.74) is 0. The average Bonchev–Trinajstić information content (AvgIpc) is 1.63. The highest BCUT2D eigenvalue weighted by atomic mass is 35.5. The SMILES string of the molecule is Cl.Cl.O=C(O)CC(Cl)C(=O)O. The van der Waals surface area contributed by atoms with E-state index in [1.54, 1.807) is 0 Å². The lowest BCUT2D eigenvalue weighted by molar-refractivity contribution is -0.143. The number of hydrogen-bond acceptors (Lipinski definition) is 2. The zero-order chi connectivity index (χ0) is 7.44. The molecule has 1 atom stereocenters. The third kappa shape index (κ3) is 9.81. The molecule has 0 heterocycles. The Bertz CT molecular complexity index is 137. The summed E-state index contributed by atoms with van der Waals surface area (Å²) in [4.78, 5) is 19.6. The van der Waals surface area contributed by atoms with E-state index < -0.39 is 23.7 Å². The van der Waals surface area contributed by atoms with Crippen LogP contribution in [-0.4, -0.2) is 27.5 Å². The number of aliphatic carboxylic acids is 2. The summed E-state index contributed by atoms with van der Waals surface area (Å²) in [5, 5.41) is 14.7. The normalized spacial score (nSPS) is 10.3. The molecule has 0 amide bonds. The largest absolute Gasteiger partial charge is 0.481 e. The van der Waals surface area contributed by atoms with Gasteiger partial charge in [-0.05, 0) is 0 Å². The molecule has 0 saturated heterocycles. The Kier molecular flexibility index (Phi) is 12.3. The number of carboxylic acids is 2. The first-order valence-corrected chi connectivity index (χ1v) is 2.56. The van der Waals surface area contributed by atoms with Gasteiger partial charge in [0.1, 0.15) is 5.38 Å². The van der Waals surface area contributed by atoms with Crippen molar-refractivity contribution >= 4 is 48.4 Å². The van der Waals surface area contributed by atoms with Crippen LogP contribution < -0.4 is 0 Å². The molecule has 0 spiro atoms. The topological polar surface area (TPSA) is 74.6 Å². The second-order valence-electron chi connectivity index (χ2n) is 1.40. The fourth-order valence-electron chi connectivity index (χ4n) is 0.241. The summed E-state index contributed by atoms with van der Waals surface area (Å²) < 4.78 is 0. The maximum atomic E-state index is 9.84. The van der Waals surface area contributed by atoms with E-state index in [1.165, 1.54) is 0 Å². The molecule has 7 heteroatoms. The van der Waals surface area contributed by atoms with E-state index in [0.29, 0.717) is 0 Å². The number of carboxylic acid groups (broad SMARTS) is 2. The standard InChI is InChI=1S/C4H5ClO4.2ClH/c5-2(4(8)9)1-3(6)7;;/h2H,1H2,(H,6,7)(H,8,9);2*1H. The van der Waals surface area contributed by atoms with Crippen LogP contribution in [0.4, 0.5) is 0 Å². The Morgan fingerprint density at radius 2 is 1.64 bits per heavy atom. The molecule has 4 nitrogen and oxygen atoms in total. The molecule has 0 rings (SSSR count). The van der Waals surface area contributed by atoms with Gasteiger partial charge in [-0.2, -0.15) is 0 Å². The first-order chi connectivity index (χ1) is 4.04. The van der Waals surface area contributed by atoms with Gasteiger partial charge in [0.15, 0.2) is 0 Å². The molecular weight excluding hydrogens is 218 g/mol. The minimum absolute atomic E-state index is 0. The first kappa shape index (κ1) is 17.1. The van der Waals surface area contributed by atoms with Crippen molar-refractivity contribution < 1.29 is 19.8 Å². The third-order valence-corrected chi connectivity index (χ3v) is 0.963. The van der Waals surface area contributed by atoms with Crippen molar-refractivity contribution in [2.24, 2.45) is 0 Å². The predicted molar refractivity (Wildman–Crippen MR) is 44.0 cm³/mol. The second kappa shape index (κ2) is 7.91. The molecule has 0 aromatic carbocycles. The van der Waals surface area contributed by atoms with Crippen LogP contribution in [0.2, 0.25) is 0 Å². The summed E-state index contributed by atoms with van der Waals surface area (Å²) in [7, 11) is 0. The highest BCUT2D eigenvalue weighted by molar-refractivity contribution is 6.30. The third-order valence-electron chi connectivity index (χ3n) is 0.622. The minimum Gasteiger partial charge on any atom is -0.481 e. The van der Waals surface area contributed by atoms with Crippen molar-refractivity contribution in [2.75, 3.05) is 0 Å². The van der Waals surface area contributed by atoms with Crippen molar-refractivity contribution in [3.8, 4) is 0 Å². The van der Waals surface area contributed by atoms with E-state index in [-0.39, 0.29) is 24.8 Å². The fraction of sp³-hybridized carbons (Fsp3) is 0.500. The van der Waals surface area contributed by atoms with Crippen LogP contribution in [0.3, 0.4) is 0 Å². The molecule has 0 radical (unpaired) electrons. The maximum absolute atomic E-state index is 9.84. The van der Waals surface area contributed by atoms with E-state index in [2.05, 4.69) is 0 Å². The zero-order valence-corrected chi connectivity index (χ0v) is 7.58. The van der Waals surface area contributed by atoms with E-state index >= 15 is 0 Å². The highest BCUT2D eigenvalue weighted by Gasteiger charge is 2.16. The van der Waals surface area contributed by atoms with Gasteiger partial charge in [-0.25, -0.2) is 0 Å². The zero-order valence-electron chi connectivity index (χ0n) is 5.19. The van der Waals surface area contributed by atoms with Gasteiger partial charge in [0, 0.05) is 0 Å². The Morgan fingerprint density at radius 3 is 1.73 bits per heavy atom. The molecule has 1 unspecified atom stereocenters. The summed E-state index contributed by atoms with van der Waals surface area (Å²) in [6.07, 6.45) is -0.545. The fourth-order valence-corrected chi connectivity index (χ4v) is 0.373. The molecule has 0 aliphatic rings. The predicted octanol–water partition coefficient (Wildman–Crippen LogP) is 0.997. The Hall–Kier alpha value is -0.190. The molecular formula is C4H7Cl3O4. The molecule has 0 fully saturated rings. The smallest absolute Gasteiger partial charge is 0.322 e. The van der Waals surface area contributed by atoms with Crippen LogP contribution in [0.15, 0.2) is 0 Å².